The summed E-state index contributed by atoms with van der Waals surface area (Å²) in [5.41, 5.74) is 8.12. The topological polar surface area (TPSA) is 55.9 Å². The van der Waals surface area contributed by atoms with Gasteiger partial charge in [0.25, 0.3) is 0 Å². The molecule has 0 saturated heterocycles. The molecule has 0 radical (unpaired) electrons. The maximum atomic E-state index is 13.8. The predicted octanol–water partition coefficient (Wildman–Crippen LogP) is 2.50. The van der Waals surface area contributed by atoms with Gasteiger partial charge in [-0.1, -0.05) is 19.1 Å². The number of hydrogen-bond donors (Lipinski definition) is 2. The maximum Gasteiger partial charge on any atom is 0.135 e. The fraction of sp³-hybridized carbons (Fsp3) is 0.231. The van der Waals surface area contributed by atoms with Crippen molar-refractivity contribution < 1.29 is 4.39 Å². The van der Waals surface area contributed by atoms with Crippen LogP contribution >= 0.6 is 12.2 Å². The Kier molecular flexibility index (Phi) is 3.80. The summed E-state index contributed by atoms with van der Waals surface area (Å²) in [5, 5.41) is 7.46. The summed E-state index contributed by atoms with van der Waals surface area (Å²) >= 11 is 4.77. The van der Waals surface area contributed by atoms with Crippen molar-refractivity contribution >= 4 is 28.6 Å². The monoisotopic (exact) mass is 278 g/mol. The summed E-state index contributed by atoms with van der Waals surface area (Å²) in [4.78, 5) is 0.0553. The fourth-order valence-electron chi connectivity index (χ4n) is 1.85. The first-order chi connectivity index (χ1) is 9.01. The lowest BCUT2D eigenvalue weighted by Crippen LogP contribution is -2.11. The van der Waals surface area contributed by atoms with Crippen LogP contribution in [-0.2, 0) is 13.5 Å². The highest BCUT2D eigenvalue weighted by Crippen LogP contribution is 2.22. The van der Waals surface area contributed by atoms with E-state index in [0.29, 0.717) is 5.69 Å². The molecule has 2 rings (SSSR count). The summed E-state index contributed by atoms with van der Waals surface area (Å²) in [7, 11) is 1.85. The number of nitrogens with two attached hydrogens (primary N) is 1. The van der Waals surface area contributed by atoms with Gasteiger partial charge >= 0.3 is 0 Å². The Hall–Kier alpha value is -1.95. The summed E-state index contributed by atoms with van der Waals surface area (Å²) < 4.78 is 15.5. The molecule has 19 heavy (non-hydrogen) atoms. The van der Waals surface area contributed by atoms with Crippen LogP contribution in [0.1, 0.15) is 18.2 Å². The third kappa shape index (κ3) is 2.90. The van der Waals surface area contributed by atoms with Crippen molar-refractivity contribution in [1.82, 2.24) is 9.78 Å². The van der Waals surface area contributed by atoms with E-state index in [-0.39, 0.29) is 10.6 Å². The van der Waals surface area contributed by atoms with Crippen molar-refractivity contribution in [3.8, 4) is 0 Å². The maximum absolute atomic E-state index is 13.8. The van der Waals surface area contributed by atoms with Crippen LogP contribution in [0.4, 0.5) is 15.8 Å². The minimum atomic E-state index is -0.431. The van der Waals surface area contributed by atoms with Gasteiger partial charge in [-0.15, -0.1) is 0 Å². The zero-order valence-electron chi connectivity index (χ0n) is 10.8. The minimum absolute atomic E-state index is 0.0553. The fourth-order valence-corrected chi connectivity index (χ4v) is 2.01. The van der Waals surface area contributed by atoms with E-state index in [1.165, 1.54) is 6.07 Å². The smallest absolute Gasteiger partial charge is 0.135 e. The summed E-state index contributed by atoms with van der Waals surface area (Å²) in [6.07, 6.45) is 2.66. The molecular formula is C13H15FN4S. The second-order valence-corrected chi connectivity index (χ2v) is 4.64. The molecule has 3 N–H and O–H groups in total. The van der Waals surface area contributed by atoms with Crippen LogP contribution in [0.2, 0.25) is 0 Å². The van der Waals surface area contributed by atoms with Crippen LogP contribution < -0.4 is 11.1 Å². The average molecular weight is 278 g/mol. The van der Waals surface area contributed by atoms with E-state index in [1.54, 1.807) is 16.8 Å². The third-order valence-electron chi connectivity index (χ3n) is 2.75. The van der Waals surface area contributed by atoms with Crippen molar-refractivity contribution in [1.29, 1.82) is 0 Å². The Bertz CT molecular complexity index is 621. The van der Waals surface area contributed by atoms with Crippen molar-refractivity contribution in [2.75, 3.05) is 5.32 Å². The van der Waals surface area contributed by atoms with Gasteiger partial charge in [0.2, 0.25) is 0 Å². The normalized spacial score (nSPS) is 10.5. The van der Waals surface area contributed by atoms with Gasteiger partial charge in [-0.3, -0.25) is 4.68 Å². The Balaban J connectivity index is 2.28. The molecule has 0 atom stereocenters. The largest absolute Gasteiger partial charge is 0.389 e. The molecule has 1 aromatic heterocycles. The van der Waals surface area contributed by atoms with E-state index < -0.39 is 5.82 Å². The van der Waals surface area contributed by atoms with E-state index >= 15 is 0 Å². The van der Waals surface area contributed by atoms with Crippen LogP contribution in [0.15, 0.2) is 24.4 Å². The number of benzene rings is 1. The third-order valence-corrected chi connectivity index (χ3v) is 2.97. The van der Waals surface area contributed by atoms with Gasteiger partial charge in [0.05, 0.1) is 11.4 Å². The molecule has 0 aliphatic rings. The van der Waals surface area contributed by atoms with Gasteiger partial charge in [-0.05, 0) is 24.6 Å². The highest BCUT2D eigenvalue weighted by atomic mass is 32.1. The summed E-state index contributed by atoms with van der Waals surface area (Å²) in [6.45, 7) is 2.02. The number of rotatable bonds is 4. The Morgan fingerprint density at radius 2 is 2.26 bits per heavy atom. The van der Waals surface area contributed by atoms with Gasteiger partial charge in [0.1, 0.15) is 10.8 Å². The number of aromatic nitrogens is 2. The first-order valence-electron chi connectivity index (χ1n) is 5.90. The van der Waals surface area contributed by atoms with Crippen LogP contribution in [0.25, 0.3) is 0 Å². The first-order valence-corrected chi connectivity index (χ1v) is 6.31. The Morgan fingerprint density at radius 1 is 1.53 bits per heavy atom. The van der Waals surface area contributed by atoms with Gasteiger partial charge in [0.15, 0.2) is 0 Å². The number of hydrogen-bond acceptors (Lipinski definition) is 3. The number of nitrogens with one attached hydrogen (secondary N) is 1. The summed E-state index contributed by atoms with van der Waals surface area (Å²) in [5.74, 6) is -0.431. The molecule has 1 heterocycles. The van der Waals surface area contributed by atoms with Crippen LogP contribution in [-0.4, -0.2) is 14.8 Å². The molecule has 0 bridgehead atoms. The Morgan fingerprint density at radius 3 is 2.84 bits per heavy atom. The lowest BCUT2D eigenvalue weighted by atomic mass is 10.2. The highest BCUT2D eigenvalue weighted by Gasteiger charge is 2.09. The van der Waals surface area contributed by atoms with Crippen LogP contribution in [0.3, 0.4) is 0 Å². The molecule has 0 spiro atoms. The minimum Gasteiger partial charge on any atom is -0.389 e. The number of thiocarbonyl (C=S) groups is 1. The highest BCUT2D eigenvalue weighted by molar-refractivity contribution is 7.80. The molecule has 100 valence electrons. The molecule has 0 aliphatic carbocycles. The molecule has 0 aliphatic heterocycles. The SMILES string of the molecule is CCc1nn(C)cc1Nc1ccc(C(N)=S)c(F)c1. The van der Waals surface area contributed by atoms with Crippen LogP contribution in [0, 0.1) is 5.82 Å². The van der Waals surface area contributed by atoms with Crippen molar-refractivity contribution in [2.24, 2.45) is 12.8 Å². The molecular weight excluding hydrogens is 263 g/mol. The predicted molar refractivity (Wildman–Crippen MR) is 78.2 cm³/mol. The quantitative estimate of drug-likeness (QED) is 0.844. The molecule has 0 saturated carbocycles. The molecule has 1 aromatic carbocycles. The van der Waals surface area contributed by atoms with Crippen LogP contribution in [0.5, 0.6) is 0 Å². The molecule has 0 fully saturated rings. The van der Waals surface area contributed by atoms with Crippen molar-refractivity contribution in [3.63, 3.8) is 0 Å². The standard InChI is InChI=1S/C13H15FN4S/c1-3-11-12(7-18(2)17-11)16-8-4-5-9(13(15)19)10(14)6-8/h4-7,16H,3H2,1-2H3,(H2,15,19). The van der Waals surface area contributed by atoms with E-state index in [2.05, 4.69) is 10.4 Å². The van der Waals surface area contributed by atoms with E-state index in [9.17, 15) is 4.39 Å². The second-order valence-electron chi connectivity index (χ2n) is 4.20. The van der Waals surface area contributed by atoms with Crippen molar-refractivity contribution in [2.45, 2.75) is 13.3 Å². The van der Waals surface area contributed by atoms with Gasteiger partial charge in [-0.2, -0.15) is 5.10 Å². The van der Waals surface area contributed by atoms with Gasteiger partial charge in [0, 0.05) is 24.5 Å². The lowest BCUT2D eigenvalue weighted by Gasteiger charge is -2.07. The number of halogens is 1. The molecule has 0 unspecified atom stereocenters. The van der Waals surface area contributed by atoms with Gasteiger partial charge in [-0.25, -0.2) is 4.39 Å². The van der Waals surface area contributed by atoms with E-state index in [0.717, 1.165) is 17.8 Å². The lowest BCUT2D eigenvalue weighted by molar-refractivity contribution is 0.626. The zero-order valence-corrected chi connectivity index (χ0v) is 11.6. The molecule has 6 heteroatoms. The average Bonchev–Trinajstić information content (AvgIpc) is 2.69. The molecule has 4 nitrogen and oxygen atoms in total. The second kappa shape index (κ2) is 5.36. The van der Waals surface area contributed by atoms with Gasteiger partial charge < -0.3 is 11.1 Å². The van der Waals surface area contributed by atoms with E-state index in [1.807, 2.05) is 20.2 Å². The van der Waals surface area contributed by atoms with E-state index in [4.69, 9.17) is 18.0 Å². The number of aryl methyl sites for hydroxylation is 2. The van der Waals surface area contributed by atoms with Crippen molar-refractivity contribution in [3.05, 3.63) is 41.5 Å². The molecule has 0 amide bonds. The summed E-state index contributed by atoms with van der Waals surface area (Å²) in [6, 6.07) is 4.69. The molecule has 2 aromatic rings. The zero-order chi connectivity index (χ0) is 14.0. The number of anilines is 2. The first kappa shape index (κ1) is 13.5. The number of nitrogens with zero attached hydrogens (tertiary/aromatic N) is 2. The Labute approximate surface area is 116 Å².